The van der Waals surface area contributed by atoms with Gasteiger partial charge in [0.15, 0.2) is 5.05 Å². The molecule has 0 heterocycles. The Hall–Kier alpha value is -1.15. The maximum atomic E-state index is 5.75. The van der Waals surface area contributed by atoms with Gasteiger partial charge in [0, 0.05) is 18.9 Å². The summed E-state index contributed by atoms with van der Waals surface area (Å²) in [5.74, 6) is 3.58. The Morgan fingerprint density at radius 1 is 1.33 bits per heavy atom. The lowest BCUT2D eigenvalue weighted by atomic mass is 10.1. The minimum absolute atomic E-state index is 0.267. The zero-order chi connectivity index (χ0) is 15.9. The summed E-state index contributed by atoms with van der Waals surface area (Å²) >= 11 is 5.41. The fraction of sp³-hybridized carbons (Fsp3) is 0.471. The Morgan fingerprint density at radius 2 is 1.95 bits per heavy atom. The average molecular weight is 320 g/mol. The number of para-hydroxylation sites is 1. The number of hydrogen-bond donors (Lipinski definition) is 0. The van der Waals surface area contributed by atoms with Crippen LogP contribution in [0.5, 0.6) is 5.75 Å². The molecule has 1 unspecified atom stereocenters. The number of rotatable bonds is 7. The summed E-state index contributed by atoms with van der Waals surface area (Å²) < 4.78 is 8.27. The number of thiocarbonyl (C=S) groups is 1. The zero-order valence-electron chi connectivity index (χ0n) is 13.4. The highest BCUT2D eigenvalue weighted by Crippen LogP contribution is 2.20. The lowest BCUT2D eigenvalue weighted by molar-refractivity contribution is 0.331. The molecule has 0 fully saturated rings. The van der Waals surface area contributed by atoms with E-state index in [9.17, 15) is 0 Å². The molecule has 1 aromatic carbocycles. The fourth-order valence-corrected chi connectivity index (χ4v) is 5.08. The maximum absolute atomic E-state index is 5.75. The molecule has 114 valence electrons. The Morgan fingerprint density at radius 3 is 2.43 bits per heavy atom. The molecule has 1 aromatic rings. The second-order valence-corrected chi connectivity index (χ2v) is 11.4. The van der Waals surface area contributed by atoms with E-state index in [1.165, 1.54) is 0 Å². The van der Waals surface area contributed by atoms with E-state index >= 15 is 0 Å². The van der Waals surface area contributed by atoms with E-state index in [-0.39, 0.29) is 6.04 Å². The van der Waals surface area contributed by atoms with Gasteiger partial charge in [0.2, 0.25) is 0 Å². The first-order chi connectivity index (χ1) is 9.88. The Bertz CT molecular complexity index is 490. The maximum Gasteiger partial charge on any atom is 0.168 e. The topological polar surface area (TPSA) is 12.5 Å². The average Bonchev–Trinajstić information content (AvgIpc) is 2.39. The third-order valence-electron chi connectivity index (χ3n) is 3.37. The van der Waals surface area contributed by atoms with Crippen LogP contribution in [0, 0.1) is 12.3 Å². The molecule has 0 aliphatic carbocycles. The van der Waals surface area contributed by atoms with Crippen LogP contribution in [0.1, 0.15) is 19.8 Å². The molecule has 1 atom stereocenters. The molecule has 0 saturated heterocycles. The number of ether oxygens (including phenoxy) is 1. The van der Waals surface area contributed by atoms with Gasteiger partial charge in [-0.1, -0.05) is 44.8 Å². The third kappa shape index (κ3) is 6.00. The van der Waals surface area contributed by atoms with Gasteiger partial charge >= 0.3 is 0 Å². The highest BCUT2D eigenvalue weighted by Gasteiger charge is 2.29. The smallest absolute Gasteiger partial charge is 0.168 e. The molecular formula is C17H25NOSSi. The number of terminal acetylenes is 1. The van der Waals surface area contributed by atoms with Crippen LogP contribution >= 0.6 is 12.2 Å². The van der Waals surface area contributed by atoms with E-state index in [0.29, 0.717) is 17.9 Å². The Labute approximate surface area is 135 Å². The highest BCUT2D eigenvalue weighted by atomic mass is 32.1. The van der Waals surface area contributed by atoms with Gasteiger partial charge in [-0.05, 0) is 30.9 Å². The van der Waals surface area contributed by atoms with Crippen LogP contribution in [-0.4, -0.2) is 30.4 Å². The van der Waals surface area contributed by atoms with Gasteiger partial charge in [-0.2, -0.15) is 0 Å². The van der Waals surface area contributed by atoms with Crippen molar-refractivity contribution in [3.8, 4) is 18.1 Å². The number of benzene rings is 1. The van der Waals surface area contributed by atoms with Crippen LogP contribution in [0.25, 0.3) is 0 Å². The van der Waals surface area contributed by atoms with Crippen LogP contribution < -0.4 is 4.74 Å². The summed E-state index contributed by atoms with van der Waals surface area (Å²) in [5, 5.41) is 0.609. The predicted molar refractivity (Wildman–Crippen MR) is 97.2 cm³/mol. The van der Waals surface area contributed by atoms with E-state index < -0.39 is 8.24 Å². The van der Waals surface area contributed by atoms with Crippen molar-refractivity contribution in [3.63, 3.8) is 0 Å². The van der Waals surface area contributed by atoms with E-state index in [1.807, 2.05) is 30.3 Å². The van der Waals surface area contributed by atoms with E-state index in [0.717, 1.165) is 12.3 Å². The van der Waals surface area contributed by atoms with Gasteiger partial charge in [-0.3, -0.25) is 0 Å². The Balaban J connectivity index is 2.74. The monoisotopic (exact) mass is 319 g/mol. The van der Waals surface area contributed by atoms with Gasteiger partial charge in [0.1, 0.15) is 14.0 Å². The molecule has 0 aliphatic rings. The van der Waals surface area contributed by atoms with Crippen molar-refractivity contribution < 1.29 is 4.74 Å². The first-order valence-electron chi connectivity index (χ1n) is 7.34. The molecule has 0 spiro atoms. The number of nitrogens with zero attached hydrogens (tertiary/aromatic N) is 1. The van der Waals surface area contributed by atoms with Crippen molar-refractivity contribution in [1.29, 1.82) is 0 Å². The van der Waals surface area contributed by atoms with Crippen LogP contribution in [0.15, 0.2) is 30.3 Å². The van der Waals surface area contributed by atoms with Gasteiger partial charge in [-0.15, -0.1) is 12.3 Å². The van der Waals surface area contributed by atoms with Crippen LogP contribution in [0.3, 0.4) is 0 Å². The lowest BCUT2D eigenvalue weighted by Crippen LogP contribution is -2.52. The third-order valence-corrected chi connectivity index (χ3v) is 6.03. The van der Waals surface area contributed by atoms with Crippen LogP contribution in [0.2, 0.25) is 19.6 Å². The molecule has 0 radical (unpaired) electrons. The largest absolute Gasteiger partial charge is 0.450 e. The van der Waals surface area contributed by atoms with E-state index in [1.54, 1.807) is 0 Å². The first-order valence-corrected chi connectivity index (χ1v) is 11.2. The number of hydrogen-bond acceptors (Lipinski definition) is 3. The second-order valence-electron chi connectivity index (χ2n) is 6.01. The molecule has 0 amide bonds. The van der Waals surface area contributed by atoms with Gasteiger partial charge in [0.05, 0.1) is 0 Å². The van der Waals surface area contributed by atoms with Gasteiger partial charge in [-0.25, -0.2) is 0 Å². The predicted octanol–water partition coefficient (Wildman–Crippen LogP) is 4.33. The molecule has 4 heteroatoms. The second kappa shape index (κ2) is 8.33. The van der Waals surface area contributed by atoms with Crippen molar-refractivity contribution in [2.45, 2.75) is 45.4 Å². The molecule has 21 heavy (non-hydrogen) atoms. The summed E-state index contributed by atoms with van der Waals surface area (Å²) in [6.07, 6.45) is 6.95. The molecule has 1 rings (SSSR count). The SMILES string of the molecule is C#CCC(CC(=S)Oc1ccccc1)N(CC)[Si](C)(C)C. The molecule has 2 nitrogen and oxygen atoms in total. The van der Waals surface area contributed by atoms with Gasteiger partial charge < -0.3 is 9.30 Å². The molecule has 0 bridgehead atoms. The standard InChI is InChI=1S/C17H25NOSSi/c1-6-11-15(18(7-2)21(3,4)5)14-17(20)19-16-12-9-8-10-13-16/h1,8-10,12-13,15H,7,11,14H2,2-5H3. The summed E-state index contributed by atoms with van der Waals surface area (Å²) in [6, 6.07) is 9.94. The summed E-state index contributed by atoms with van der Waals surface area (Å²) in [5.41, 5.74) is 0. The molecule has 0 saturated carbocycles. The van der Waals surface area contributed by atoms with Crippen LogP contribution in [-0.2, 0) is 0 Å². The summed E-state index contributed by atoms with van der Waals surface area (Å²) in [6.45, 7) is 10.2. The normalized spacial score (nSPS) is 12.8. The van der Waals surface area contributed by atoms with E-state index in [4.69, 9.17) is 23.4 Å². The van der Waals surface area contributed by atoms with Crippen molar-refractivity contribution >= 4 is 25.5 Å². The fourth-order valence-electron chi connectivity index (χ4n) is 2.56. The van der Waals surface area contributed by atoms with Gasteiger partial charge in [0.25, 0.3) is 0 Å². The molecular weight excluding hydrogens is 294 g/mol. The summed E-state index contributed by atoms with van der Waals surface area (Å²) in [4.78, 5) is 0. The van der Waals surface area contributed by atoms with Crippen molar-refractivity contribution in [2.75, 3.05) is 6.54 Å². The first kappa shape index (κ1) is 17.9. The highest BCUT2D eigenvalue weighted by molar-refractivity contribution is 7.80. The minimum atomic E-state index is -1.42. The summed E-state index contributed by atoms with van der Waals surface area (Å²) in [7, 11) is -1.42. The van der Waals surface area contributed by atoms with Crippen molar-refractivity contribution in [3.05, 3.63) is 30.3 Å². The van der Waals surface area contributed by atoms with Crippen molar-refractivity contribution in [1.82, 2.24) is 4.57 Å². The zero-order valence-corrected chi connectivity index (χ0v) is 15.2. The van der Waals surface area contributed by atoms with Crippen molar-refractivity contribution in [2.24, 2.45) is 0 Å². The quantitative estimate of drug-likeness (QED) is 0.421. The molecule has 0 N–H and O–H groups in total. The minimum Gasteiger partial charge on any atom is -0.450 e. The van der Waals surface area contributed by atoms with Crippen LogP contribution in [0.4, 0.5) is 0 Å². The molecule has 0 aromatic heterocycles. The Kier molecular flexibility index (Phi) is 7.10. The van der Waals surface area contributed by atoms with E-state index in [2.05, 4.69) is 37.1 Å². The lowest BCUT2D eigenvalue weighted by Gasteiger charge is -2.39. The molecule has 0 aliphatic heterocycles.